The second-order valence-corrected chi connectivity index (χ2v) is 7.14. The lowest BCUT2D eigenvalue weighted by atomic mass is 10.1. The van der Waals surface area contributed by atoms with Crippen molar-refractivity contribution < 1.29 is 23.4 Å². The van der Waals surface area contributed by atoms with E-state index in [-0.39, 0.29) is 18.4 Å². The predicted octanol–water partition coefficient (Wildman–Crippen LogP) is 3.19. The molecule has 1 aromatic heterocycles. The molecule has 0 radical (unpaired) electrons. The number of furan rings is 1. The molecule has 1 amide bonds. The van der Waals surface area contributed by atoms with Crippen LogP contribution in [-0.4, -0.2) is 51.8 Å². The van der Waals surface area contributed by atoms with Crippen molar-refractivity contribution in [1.29, 1.82) is 0 Å². The fraction of sp³-hybridized carbons (Fsp3) is 0.500. The molecule has 2 aromatic rings. The van der Waals surface area contributed by atoms with E-state index in [9.17, 15) is 4.79 Å². The van der Waals surface area contributed by atoms with Crippen LogP contribution in [-0.2, 0) is 11.2 Å². The highest BCUT2D eigenvalue weighted by Gasteiger charge is 2.25. The Balaban J connectivity index is 1.66. The molecule has 158 valence electrons. The highest BCUT2D eigenvalue weighted by molar-refractivity contribution is 5.79. The number of hydrogen-bond donors (Lipinski definition) is 1. The van der Waals surface area contributed by atoms with Gasteiger partial charge in [0, 0.05) is 6.54 Å². The highest BCUT2D eigenvalue weighted by Crippen LogP contribution is 2.38. The molecule has 0 spiro atoms. The van der Waals surface area contributed by atoms with Gasteiger partial charge in [-0.2, -0.15) is 0 Å². The quantitative estimate of drug-likeness (QED) is 0.694. The molecule has 1 aliphatic heterocycles. The predicted molar refractivity (Wildman–Crippen MR) is 110 cm³/mol. The van der Waals surface area contributed by atoms with Crippen molar-refractivity contribution in [2.24, 2.45) is 0 Å². The van der Waals surface area contributed by atoms with Crippen LogP contribution in [0.5, 0.6) is 17.2 Å². The van der Waals surface area contributed by atoms with E-state index in [1.165, 1.54) is 19.3 Å². The Labute approximate surface area is 171 Å². The van der Waals surface area contributed by atoms with Gasteiger partial charge in [-0.05, 0) is 55.8 Å². The molecule has 0 bridgehead atoms. The number of amides is 1. The van der Waals surface area contributed by atoms with Crippen LogP contribution < -0.4 is 19.5 Å². The smallest absolute Gasteiger partial charge is 0.224 e. The van der Waals surface area contributed by atoms with E-state index in [4.69, 9.17) is 18.6 Å². The average Bonchev–Trinajstić information content (AvgIpc) is 3.28. The molecule has 1 atom stereocenters. The summed E-state index contributed by atoms with van der Waals surface area (Å²) in [4.78, 5) is 15.0. The van der Waals surface area contributed by atoms with Gasteiger partial charge in [-0.1, -0.05) is 6.42 Å². The fourth-order valence-electron chi connectivity index (χ4n) is 3.82. The normalized spacial score (nSPS) is 15.6. The average molecular weight is 402 g/mol. The van der Waals surface area contributed by atoms with Crippen LogP contribution in [0, 0.1) is 0 Å². The van der Waals surface area contributed by atoms with Crippen molar-refractivity contribution in [2.45, 2.75) is 31.7 Å². The van der Waals surface area contributed by atoms with E-state index in [0.717, 1.165) is 24.4 Å². The number of benzene rings is 1. The molecule has 1 aliphatic rings. The maximum absolute atomic E-state index is 12.6. The summed E-state index contributed by atoms with van der Waals surface area (Å²) in [6, 6.07) is 7.52. The zero-order valence-electron chi connectivity index (χ0n) is 17.4. The number of ether oxygens (including phenoxy) is 3. The van der Waals surface area contributed by atoms with E-state index in [2.05, 4.69) is 10.2 Å². The Morgan fingerprint density at radius 1 is 1.10 bits per heavy atom. The maximum atomic E-state index is 12.6. The molecule has 1 aromatic carbocycles. The molecule has 1 fully saturated rings. The lowest BCUT2D eigenvalue weighted by Gasteiger charge is -2.33. The van der Waals surface area contributed by atoms with Gasteiger partial charge < -0.3 is 23.9 Å². The number of methoxy groups -OCH3 is 3. The van der Waals surface area contributed by atoms with Crippen LogP contribution in [0.25, 0.3) is 0 Å². The molecule has 1 unspecified atom stereocenters. The summed E-state index contributed by atoms with van der Waals surface area (Å²) < 4.78 is 21.7. The standard InChI is InChI=1S/C22H30N2O5/c1-26-19-12-16(13-20(27-2)22(19)28-3)14-21(25)23-15-17(18-8-7-11-29-18)24-9-5-4-6-10-24/h7-8,11-13,17H,4-6,9-10,14-15H2,1-3H3,(H,23,25). The first-order chi connectivity index (χ1) is 14.2. The van der Waals surface area contributed by atoms with E-state index in [1.54, 1.807) is 39.7 Å². The van der Waals surface area contributed by atoms with Gasteiger partial charge in [0.05, 0.1) is 40.1 Å². The summed E-state index contributed by atoms with van der Waals surface area (Å²) >= 11 is 0. The third kappa shape index (κ3) is 5.23. The summed E-state index contributed by atoms with van der Waals surface area (Å²) in [7, 11) is 4.68. The number of nitrogens with zero attached hydrogens (tertiary/aromatic N) is 1. The molecule has 3 rings (SSSR count). The minimum absolute atomic E-state index is 0.0502. The van der Waals surface area contributed by atoms with Crippen molar-refractivity contribution in [3.8, 4) is 17.2 Å². The highest BCUT2D eigenvalue weighted by atomic mass is 16.5. The maximum Gasteiger partial charge on any atom is 0.224 e. The first-order valence-corrected chi connectivity index (χ1v) is 9.99. The Bertz CT molecular complexity index is 760. The van der Waals surface area contributed by atoms with Gasteiger partial charge in [0.1, 0.15) is 5.76 Å². The molecule has 1 N–H and O–H groups in total. The van der Waals surface area contributed by atoms with Gasteiger partial charge in [0.25, 0.3) is 0 Å². The number of hydrogen-bond acceptors (Lipinski definition) is 6. The van der Waals surface area contributed by atoms with Gasteiger partial charge in [-0.25, -0.2) is 0 Å². The minimum Gasteiger partial charge on any atom is -0.493 e. The second-order valence-electron chi connectivity index (χ2n) is 7.14. The number of piperidine rings is 1. The molecule has 1 saturated heterocycles. The van der Waals surface area contributed by atoms with E-state index in [1.807, 2.05) is 12.1 Å². The van der Waals surface area contributed by atoms with Crippen molar-refractivity contribution in [3.05, 3.63) is 41.9 Å². The van der Waals surface area contributed by atoms with E-state index < -0.39 is 0 Å². The van der Waals surface area contributed by atoms with Crippen LogP contribution in [0.15, 0.2) is 34.9 Å². The fourth-order valence-corrected chi connectivity index (χ4v) is 3.82. The summed E-state index contributed by atoms with van der Waals surface area (Å²) in [6.45, 7) is 2.55. The molecule has 0 aliphatic carbocycles. The second kappa shape index (κ2) is 10.2. The van der Waals surface area contributed by atoms with Crippen molar-refractivity contribution in [1.82, 2.24) is 10.2 Å². The lowest BCUT2D eigenvalue weighted by Crippen LogP contribution is -2.40. The Kier molecular flexibility index (Phi) is 7.41. The SMILES string of the molecule is COc1cc(CC(=O)NCC(c2ccco2)N2CCCCC2)cc(OC)c1OC. The first kappa shape index (κ1) is 21.0. The van der Waals surface area contributed by atoms with Crippen molar-refractivity contribution >= 4 is 5.91 Å². The number of likely N-dealkylation sites (tertiary alicyclic amines) is 1. The number of carbonyl (C=O) groups excluding carboxylic acids is 1. The largest absolute Gasteiger partial charge is 0.493 e. The summed E-state index contributed by atoms with van der Waals surface area (Å²) in [5.41, 5.74) is 0.796. The molecule has 7 nitrogen and oxygen atoms in total. The molecule has 7 heteroatoms. The third-order valence-corrected chi connectivity index (χ3v) is 5.28. The van der Waals surface area contributed by atoms with Gasteiger partial charge >= 0.3 is 0 Å². The molecule has 29 heavy (non-hydrogen) atoms. The van der Waals surface area contributed by atoms with Gasteiger partial charge in [0.15, 0.2) is 11.5 Å². The molecular weight excluding hydrogens is 372 g/mol. The molecule has 0 saturated carbocycles. The Morgan fingerprint density at radius 2 is 1.79 bits per heavy atom. The zero-order valence-corrected chi connectivity index (χ0v) is 17.4. The summed E-state index contributed by atoms with van der Waals surface area (Å²) in [5.74, 6) is 2.42. The number of nitrogens with one attached hydrogen (secondary N) is 1. The van der Waals surface area contributed by atoms with E-state index in [0.29, 0.717) is 23.8 Å². The van der Waals surface area contributed by atoms with Gasteiger partial charge in [-0.3, -0.25) is 9.69 Å². The van der Waals surface area contributed by atoms with Crippen LogP contribution in [0.4, 0.5) is 0 Å². The molecular formula is C22H30N2O5. The van der Waals surface area contributed by atoms with Crippen LogP contribution in [0.3, 0.4) is 0 Å². The summed E-state index contributed by atoms with van der Waals surface area (Å²) in [6.07, 6.45) is 5.52. The number of rotatable bonds is 9. The van der Waals surface area contributed by atoms with Crippen LogP contribution in [0.1, 0.15) is 36.6 Å². The van der Waals surface area contributed by atoms with Gasteiger partial charge in [0.2, 0.25) is 11.7 Å². The summed E-state index contributed by atoms with van der Waals surface area (Å²) in [5, 5.41) is 3.07. The van der Waals surface area contributed by atoms with Crippen molar-refractivity contribution in [3.63, 3.8) is 0 Å². The van der Waals surface area contributed by atoms with E-state index >= 15 is 0 Å². The topological polar surface area (TPSA) is 73.2 Å². The Hall–Kier alpha value is -2.67. The minimum atomic E-state index is -0.0622. The van der Waals surface area contributed by atoms with Crippen LogP contribution in [0.2, 0.25) is 0 Å². The van der Waals surface area contributed by atoms with Crippen molar-refractivity contribution in [2.75, 3.05) is 41.0 Å². The lowest BCUT2D eigenvalue weighted by molar-refractivity contribution is -0.120. The third-order valence-electron chi connectivity index (χ3n) is 5.28. The zero-order chi connectivity index (χ0) is 20.6. The molecule has 2 heterocycles. The van der Waals surface area contributed by atoms with Crippen LogP contribution >= 0.6 is 0 Å². The first-order valence-electron chi connectivity index (χ1n) is 9.99. The Morgan fingerprint density at radius 3 is 2.34 bits per heavy atom. The number of carbonyl (C=O) groups is 1. The monoisotopic (exact) mass is 402 g/mol. The van der Waals surface area contributed by atoms with Gasteiger partial charge in [-0.15, -0.1) is 0 Å².